The van der Waals surface area contributed by atoms with Crippen LogP contribution in [0.3, 0.4) is 0 Å². The van der Waals surface area contributed by atoms with E-state index in [2.05, 4.69) is 61.3 Å². The number of hydrogen-bond donors (Lipinski definition) is 1. The maximum atomic E-state index is 4.62. The zero-order chi connectivity index (χ0) is 18.6. The Bertz CT molecular complexity index is 903. The summed E-state index contributed by atoms with van der Waals surface area (Å²) in [5.41, 5.74) is 2.23. The summed E-state index contributed by atoms with van der Waals surface area (Å²) >= 11 is 0. The van der Waals surface area contributed by atoms with E-state index in [4.69, 9.17) is 0 Å². The molecule has 2 aromatic heterocycles. The Balaban J connectivity index is 1.39. The predicted octanol–water partition coefficient (Wildman–Crippen LogP) is 3.13. The second-order valence-corrected chi connectivity index (χ2v) is 7.62. The quantitative estimate of drug-likeness (QED) is 0.728. The number of piperidine rings is 1. The molecule has 0 amide bonds. The minimum absolute atomic E-state index is 0.693. The van der Waals surface area contributed by atoms with Crippen LogP contribution < -0.4 is 5.32 Å². The van der Waals surface area contributed by atoms with E-state index >= 15 is 0 Å². The van der Waals surface area contributed by atoms with Crippen LogP contribution in [-0.4, -0.2) is 51.3 Å². The zero-order valence-corrected chi connectivity index (χ0v) is 16.2. The molecule has 1 aliphatic rings. The normalized spacial score (nSPS) is 18.1. The molecule has 0 saturated carbocycles. The smallest absolute Gasteiger partial charge is 0.129 e. The third-order valence-electron chi connectivity index (χ3n) is 5.32. The van der Waals surface area contributed by atoms with Crippen molar-refractivity contribution in [1.82, 2.24) is 24.6 Å². The summed E-state index contributed by atoms with van der Waals surface area (Å²) in [7, 11) is 2.21. The van der Waals surface area contributed by atoms with Crippen molar-refractivity contribution in [2.45, 2.75) is 32.7 Å². The van der Waals surface area contributed by atoms with Crippen molar-refractivity contribution < 1.29 is 0 Å². The second-order valence-electron chi connectivity index (χ2n) is 7.62. The summed E-state index contributed by atoms with van der Waals surface area (Å²) in [5, 5.41) is 9.23. The number of benzene rings is 1. The number of hydrogen-bond acceptors (Lipinski definition) is 5. The van der Waals surface area contributed by atoms with Crippen LogP contribution in [0, 0.1) is 12.8 Å². The molecule has 1 saturated heterocycles. The first kappa shape index (κ1) is 17.9. The van der Waals surface area contributed by atoms with E-state index in [0.29, 0.717) is 5.92 Å². The van der Waals surface area contributed by atoms with Gasteiger partial charge in [0.25, 0.3) is 0 Å². The van der Waals surface area contributed by atoms with Gasteiger partial charge in [-0.3, -0.25) is 4.68 Å². The molecule has 6 heteroatoms. The van der Waals surface area contributed by atoms with Gasteiger partial charge in [-0.05, 0) is 45.3 Å². The standard InChI is InChI=1S/C21H28N6/c1-16-24-19(9-11-27-20-8-4-3-7-18(20)14-23-27)12-21(25-16)22-13-17-6-5-10-26(2)15-17/h3-4,7-8,12,14,17H,5-6,9-11,13,15H2,1-2H3,(H,22,24,25). The third kappa shape index (κ3) is 4.45. The van der Waals surface area contributed by atoms with Crippen molar-refractivity contribution in [2.24, 2.45) is 5.92 Å². The van der Waals surface area contributed by atoms with Gasteiger partial charge in [0.2, 0.25) is 0 Å². The summed E-state index contributed by atoms with van der Waals surface area (Å²) in [6.45, 7) is 6.14. The van der Waals surface area contributed by atoms with Crippen molar-refractivity contribution in [3.8, 4) is 0 Å². The number of aryl methyl sites for hydroxylation is 3. The first-order valence-electron chi connectivity index (χ1n) is 9.85. The number of anilines is 1. The Labute approximate surface area is 160 Å². The number of nitrogens with one attached hydrogen (secondary N) is 1. The Morgan fingerprint density at radius 1 is 1.22 bits per heavy atom. The highest BCUT2D eigenvalue weighted by molar-refractivity contribution is 5.78. The lowest BCUT2D eigenvalue weighted by atomic mass is 9.98. The highest BCUT2D eigenvalue weighted by Gasteiger charge is 2.17. The molecule has 1 atom stereocenters. The van der Waals surface area contributed by atoms with Gasteiger partial charge in [-0.15, -0.1) is 0 Å². The maximum absolute atomic E-state index is 4.62. The van der Waals surface area contributed by atoms with Crippen molar-refractivity contribution in [1.29, 1.82) is 0 Å². The van der Waals surface area contributed by atoms with E-state index in [0.717, 1.165) is 43.4 Å². The average Bonchev–Trinajstić information content (AvgIpc) is 3.08. The predicted molar refractivity (Wildman–Crippen MR) is 109 cm³/mol. The largest absolute Gasteiger partial charge is 0.370 e. The number of likely N-dealkylation sites (tertiary alicyclic amines) is 1. The van der Waals surface area contributed by atoms with Gasteiger partial charge in [0.15, 0.2) is 0 Å². The van der Waals surface area contributed by atoms with Gasteiger partial charge < -0.3 is 10.2 Å². The Kier molecular flexibility index (Phi) is 5.34. The second kappa shape index (κ2) is 8.05. The van der Waals surface area contributed by atoms with E-state index in [1.165, 1.54) is 30.3 Å². The number of para-hydroxylation sites is 1. The molecule has 3 aromatic rings. The molecular formula is C21H28N6. The Morgan fingerprint density at radius 2 is 2.11 bits per heavy atom. The summed E-state index contributed by atoms with van der Waals surface area (Å²) in [4.78, 5) is 11.6. The van der Waals surface area contributed by atoms with Crippen molar-refractivity contribution in [2.75, 3.05) is 32.0 Å². The molecule has 4 rings (SSSR count). The van der Waals surface area contributed by atoms with Crippen molar-refractivity contribution in [3.63, 3.8) is 0 Å². The molecule has 1 fully saturated rings. The number of aromatic nitrogens is 4. The fourth-order valence-corrected chi connectivity index (χ4v) is 3.96. The third-order valence-corrected chi connectivity index (χ3v) is 5.32. The lowest BCUT2D eigenvalue weighted by molar-refractivity contribution is 0.217. The highest BCUT2D eigenvalue weighted by atomic mass is 15.3. The van der Waals surface area contributed by atoms with Crippen LogP contribution >= 0.6 is 0 Å². The van der Waals surface area contributed by atoms with Gasteiger partial charge in [0.1, 0.15) is 11.6 Å². The summed E-state index contributed by atoms with van der Waals surface area (Å²) in [6, 6.07) is 10.4. The van der Waals surface area contributed by atoms with E-state index in [1.54, 1.807) is 0 Å². The molecule has 0 spiro atoms. The van der Waals surface area contributed by atoms with E-state index in [1.807, 2.05) is 19.2 Å². The molecular weight excluding hydrogens is 336 g/mol. The van der Waals surface area contributed by atoms with Crippen LogP contribution in [0.25, 0.3) is 10.9 Å². The average molecular weight is 364 g/mol. The molecule has 6 nitrogen and oxygen atoms in total. The summed E-state index contributed by atoms with van der Waals surface area (Å²) in [5.74, 6) is 2.45. The monoisotopic (exact) mass is 364 g/mol. The van der Waals surface area contributed by atoms with Gasteiger partial charge in [0.05, 0.1) is 11.7 Å². The summed E-state index contributed by atoms with van der Waals surface area (Å²) in [6.07, 6.45) is 5.35. The SMILES string of the molecule is Cc1nc(CCn2ncc3ccccc32)cc(NCC2CCCN(C)C2)n1. The Morgan fingerprint density at radius 3 is 3.00 bits per heavy atom. The molecule has 1 N–H and O–H groups in total. The molecule has 3 heterocycles. The zero-order valence-electron chi connectivity index (χ0n) is 16.2. The fourth-order valence-electron chi connectivity index (χ4n) is 3.96. The lowest BCUT2D eigenvalue weighted by Crippen LogP contribution is -2.35. The molecule has 1 aliphatic heterocycles. The molecule has 27 heavy (non-hydrogen) atoms. The highest BCUT2D eigenvalue weighted by Crippen LogP contribution is 2.17. The van der Waals surface area contributed by atoms with E-state index in [-0.39, 0.29) is 0 Å². The minimum atomic E-state index is 0.693. The van der Waals surface area contributed by atoms with E-state index in [9.17, 15) is 0 Å². The van der Waals surface area contributed by atoms with Gasteiger partial charge in [-0.2, -0.15) is 5.10 Å². The van der Waals surface area contributed by atoms with Gasteiger partial charge in [-0.25, -0.2) is 9.97 Å². The van der Waals surface area contributed by atoms with Crippen LogP contribution in [0.1, 0.15) is 24.4 Å². The topological polar surface area (TPSA) is 58.9 Å². The van der Waals surface area contributed by atoms with Gasteiger partial charge in [-0.1, -0.05) is 18.2 Å². The van der Waals surface area contributed by atoms with Gasteiger partial charge >= 0.3 is 0 Å². The number of rotatable bonds is 6. The van der Waals surface area contributed by atoms with Crippen LogP contribution in [0.5, 0.6) is 0 Å². The Hall–Kier alpha value is -2.47. The molecule has 1 unspecified atom stereocenters. The van der Waals surface area contributed by atoms with Crippen LogP contribution in [-0.2, 0) is 13.0 Å². The molecule has 0 bridgehead atoms. The first-order chi connectivity index (χ1) is 13.2. The van der Waals surface area contributed by atoms with Crippen molar-refractivity contribution in [3.05, 3.63) is 48.0 Å². The molecule has 0 aliphatic carbocycles. The van der Waals surface area contributed by atoms with Crippen LogP contribution in [0.15, 0.2) is 36.5 Å². The fraction of sp³-hybridized carbons (Fsp3) is 0.476. The molecule has 0 radical (unpaired) electrons. The molecule has 1 aromatic carbocycles. The number of fused-ring (bicyclic) bond motifs is 1. The minimum Gasteiger partial charge on any atom is -0.370 e. The van der Waals surface area contributed by atoms with Crippen molar-refractivity contribution >= 4 is 16.7 Å². The molecule has 142 valence electrons. The van der Waals surface area contributed by atoms with Gasteiger partial charge in [0, 0.05) is 43.2 Å². The first-order valence-corrected chi connectivity index (χ1v) is 9.85. The summed E-state index contributed by atoms with van der Waals surface area (Å²) < 4.78 is 2.05. The maximum Gasteiger partial charge on any atom is 0.129 e. The van der Waals surface area contributed by atoms with E-state index < -0.39 is 0 Å². The van der Waals surface area contributed by atoms with Crippen LogP contribution in [0.2, 0.25) is 0 Å². The lowest BCUT2D eigenvalue weighted by Gasteiger charge is -2.29. The number of nitrogens with zero attached hydrogens (tertiary/aromatic N) is 5. The van der Waals surface area contributed by atoms with Crippen LogP contribution in [0.4, 0.5) is 5.82 Å².